The van der Waals surface area contributed by atoms with Crippen LogP contribution in [-0.4, -0.2) is 29.1 Å². The number of likely N-dealkylation sites (tertiary alicyclic amines) is 1. The smallest absolute Gasteiger partial charge is 0.328 e. The van der Waals surface area contributed by atoms with Gasteiger partial charge in [0, 0.05) is 0 Å². The van der Waals surface area contributed by atoms with E-state index in [0.29, 0.717) is 0 Å². The number of carboxylic acids is 1. The molecule has 2 rings (SSSR count). The van der Waals surface area contributed by atoms with Crippen LogP contribution in [0.25, 0.3) is 0 Å². The predicted octanol–water partition coefficient (Wildman–Crippen LogP) is 3.42. The van der Waals surface area contributed by atoms with E-state index >= 15 is 0 Å². The summed E-state index contributed by atoms with van der Waals surface area (Å²) in [4.78, 5) is 14.1. The fourth-order valence-corrected chi connectivity index (χ4v) is 3.02. The van der Waals surface area contributed by atoms with E-state index in [2.05, 4.69) is 11.8 Å². The Hall–Kier alpha value is -1.35. The van der Waals surface area contributed by atoms with Crippen LogP contribution in [0.15, 0.2) is 24.3 Å². The Morgan fingerprint density at radius 3 is 2.15 bits per heavy atom. The van der Waals surface area contributed by atoms with Crippen molar-refractivity contribution in [1.82, 2.24) is 4.90 Å². The van der Waals surface area contributed by atoms with Crippen LogP contribution in [-0.2, 0) is 16.8 Å². The van der Waals surface area contributed by atoms with Crippen LogP contribution in [0, 0.1) is 0 Å². The zero-order chi connectivity index (χ0) is 14.6. The summed E-state index contributed by atoms with van der Waals surface area (Å²) in [5.74, 6) is -0.747. The van der Waals surface area contributed by atoms with Crippen molar-refractivity contribution in [1.29, 1.82) is 0 Å². The first-order valence-electron chi connectivity index (χ1n) is 7.67. The molecule has 1 aromatic carbocycles. The Morgan fingerprint density at radius 1 is 1.15 bits per heavy atom. The molecule has 1 aliphatic rings. The standard InChI is InChI=1S/C17H25NO2/c1-3-14-8-10-15(11-9-14)17(2,16(19)20)18-12-6-4-5-7-13-18/h8-11H,3-7,12-13H2,1-2H3,(H,19,20). The topological polar surface area (TPSA) is 40.5 Å². The lowest BCUT2D eigenvalue weighted by Crippen LogP contribution is -2.50. The second kappa shape index (κ2) is 6.40. The summed E-state index contributed by atoms with van der Waals surface area (Å²) in [6.45, 7) is 5.71. The third kappa shape index (κ3) is 2.88. The van der Waals surface area contributed by atoms with Crippen LogP contribution in [0.1, 0.15) is 50.7 Å². The number of rotatable bonds is 4. The first-order chi connectivity index (χ1) is 9.59. The van der Waals surface area contributed by atoms with Gasteiger partial charge in [-0.15, -0.1) is 0 Å². The molecular formula is C17H25NO2. The van der Waals surface area contributed by atoms with Gasteiger partial charge in [-0.2, -0.15) is 0 Å². The van der Waals surface area contributed by atoms with Crippen molar-refractivity contribution in [3.8, 4) is 0 Å². The molecule has 0 bridgehead atoms. The highest BCUT2D eigenvalue weighted by molar-refractivity contribution is 5.80. The molecule has 20 heavy (non-hydrogen) atoms. The van der Waals surface area contributed by atoms with Crippen LogP contribution in [0.2, 0.25) is 0 Å². The molecule has 110 valence electrons. The number of nitrogens with zero attached hydrogens (tertiary/aromatic N) is 1. The van der Waals surface area contributed by atoms with Gasteiger partial charge in [-0.25, -0.2) is 4.79 Å². The van der Waals surface area contributed by atoms with Crippen molar-refractivity contribution in [3.63, 3.8) is 0 Å². The van der Waals surface area contributed by atoms with Crippen molar-refractivity contribution >= 4 is 5.97 Å². The molecule has 1 unspecified atom stereocenters. The molecule has 0 aliphatic carbocycles. The summed E-state index contributed by atoms with van der Waals surface area (Å²) in [5, 5.41) is 9.81. The van der Waals surface area contributed by atoms with E-state index in [4.69, 9.17) is 0 Å². The highest BCUT2D eigenvalue weighted by Crippen LogP contribution is 2.31. The lowest BCUT2D eigenvalue weighted by Gasteiger charge is -2.37. The SMILES string of the molecule is CCc1ccc(C(C)(C(=O)O)N2CCCCCC2)cc1. The number of aryl methyl sites for hydroxylation is 1. The minimum atomic E-state index is -0.906. The number of hydrogen-bond acceptors (Lipinski definition) is 2. The molecule has 1 fully saturated rings. The van der Waals surface area contributed by atoms with E-state index in [-0.39, 0.29) is 0 Å². The molecular weight excluding hydrogens is 250 g/mol. The molecule has 0 radical (unpaired) electrons. The zero-order valence-corrected chi connectivity index (χ0v) is 12.6. The number of aliphatic carboxylic acids is 1. The normalized spacial score (nSPS) is 20.1. The zero-order valence-electron chi connectivity index (χ0n) is 12.6. The predicted molar refractivity (Wildman–Crippen MR) is 80.8 cm³/mol. The summed E-state index contributed by atoms with van der Waals surface area (Å²) in [5.41, 5.74) is 1.23. The lowest BCUT2D eigenvalue weighted by atomic mass is 9.89. The van der Waals surface area contributed by atoms with E-state index in [9.17, 15) is 9.90 Å². The summed E-state index contributed by atoms with van der Waals surface area (Å²) in [6.07, 6.45) is 5.58. The van der Waals surface area contributed by atoms with Crippen LogP contribution < -0.4 is 0 Å². The largest absolute Gasteiger partial charge is 0.480 e. The van der Waals surface area contributed by atoms with Gasteiger partial charge < -0.3 is 5.11 Å². The Morgan fingerprint density at radius 2 is 1.70 bits per heavy atom. The molecule has 1 saturated heterocycles. The molecule has 3 heteroatoms. The minimum absolute atomic E-state index is 0.747. The molecule has 3 nitrogen and oxygen atoms in total. The number of carbonyl (C=O) groups is 1. The maximum atomic E-state index is 11.9. The lowest BCUT2D eigenvalue weighted by molar-refractivity contribution is -0.151. The maximum Gasteiger partial charge on any atom is 0.328 e. The second-order valence-electron chi connectivity index (χ2n) is 5.83. The Balaban J connectivity index is 2.33. The molecule has 0 saturated carbocycles. The molecule has 0 aromatic heterocycles. The molecule has 1 aromatic rings. The van der Waals surface area contributed by atoms with Gasteiger partial charge in [-0.3, -0.25) is 4.90 Å². The van der Waals surface area contributed by atoms with Gasteiger partial charge in [-0.05, 0) is 50.4 Å². The van der Waals surface area contributed by atoms with Gasteiger partial charge in [-0.1, -0.05) is 44.0 Å². The summed E-state index contributed by atoms with van der Waals surface area (Å²) in [6, 6.07) is 8.07. The van der Waals surface area contributed by atoms with Crippen LogP contribution >= 0.6 is 0 Å². The van der Waals surface area contributed by atoms with Gasteiger partial charge in [0.25, 0.3) is 0 Å². The van der Waals surface area contributed by atoms with E-state index < -0.39 is 11.5 Å². The average Bonchev–Trinajstić information content (AvgIpc) is 2.75. The van der Waals surface area contributed by atoms with Crippen molar-refractivity contribution in [2.24, 2.45) is 0 Å². The highest BCUT2D eigenvalue weighted by Gasteiger charge is 2.41. The van der Waals surface area contributed by atoms with E-state index in [1.54, 1.807) is 0 Å². The number of hydrogen-bond donors (Lipinski definition) is 1. The summed E-state index contributed by atoms with van der Waals surface area (Å²) in [7, 11) is 0. The quantitative estimate of drug-likeness (QED) is 0.915. The van der Waals surface area contributed by atoms with Crippen LogP contribution in [0.3, 0.4) is 0 Å². The van der Waals surface area contributed by atoms with Crippen LogP contribution in [0.4, 0.5) is 0 Å². The first-order valence-corrected chi connectivity index (χ1v) is 7.67. The Labute approximate surface area is 121 Å². The maximum absolute atomic E-state index is 11.9. The van der Waals surface area contributed by atoms with Crippen molar-refractivity contribution in [3.05, 3.63) is 35.4 Å². The highest BCUT2D eigenvalue weighted by atomic mass is 16.4. The van der Waals surface area contributed by atoms with Crippen molar-refractivity contribution < 1.29 is 9.90 Å². The Bertz CT molecular complexity index is 447. The average molecular weight is 275 g/mol. The fourth-order valence-electron chi connectivity index (χ4n) is 3.02. The molecule has 1 heterocycles. The molecule has 1 atom stereocenters. The van der Waals surface area contributed by atoms with Gasteiger partial charge in [0.05, 0.1) is 0 Å². The van der Waals surface area contributed by atoms with Gasteiger partial charge in [0.15, 0.2) is 0 Å². The number of carboxylic acid groups (broad SMARTS) is 1. The van der Waals surface area contributed by atoms with E-state index in [0.717, 1.165) is 37.9 Å². The van der Waals surface area contributed by atoms with E-state index in [1.807, 2.05) is 31.2 Å². The third-order valence-corrected chi connectivity index (χ3v) is 4.58. The molecule has 1 N–H and O–H groups in total. The monoisotopic (exact) mass is 275 g/mol. The summed E-state index contributed by atoms with van der Waals surface area (Å²) < 4.78 is 0. The van der Waals surface area contributed by atoms with E-state index in [1.165, 1.54) is 18.4 Å². The summed E-state index contributed by atoms with van der Waals surface area (Å²) >= 11 is 0. The number of benzene rings is 1. The Kier molecular flexibility index (Phi) is 4.81. The van der Waals surface area contributed by atoms with Crippen molar-refractivity contribution in [2.45, 2.75) is 51.5 Å². The molecule has 0 spiro atoms. The third-order valence-electron chi connectivity index (χ3n) is 4.58. The van der Waals surface area contributed by atoms with Gasteiger partial charge in [0.1, 0.15) is 5.54 Å². The minimum Gasteiger partial charge on any atom is -0.480 e. The van der Waals surface area contributed by atoms with Crippen LogP contribution in [0.5, 0.6) is 0 Å². The molecule has 0 amide bonds. The fraction of sp³-hybridized carbons (Fsp3) is 0.588. The van der Waals surface area contributed by atoms with Gasteiger partial charge in [0.2, 0.25) is 0 Å². The first kappa shape index (κ1) is 15.0. The second-order valence-corrected chi connectivity index (χ2v) is 5.83. The molecule has 1 aliphatic heterocycles. The van der Waals surface area contributed by atoms with Gasteiger partial charge >= 0.3 is 5.97 Å². The van der Waals surface area contributed by atoms with Crippen molar-refractivity contribution in [2.75, 3.05) is 13.1 Å².